The van der Waals surface area contributed by atoms with Gasteiger partial charge in [0.1, 0.15) is 6.33 Å². The topological polar surface area (TPSA) is 73.9 Å². The summed E-state index contributed by atoms with van der Waals surface area (Å²) < 4.78 is 0. The molecule has 0 saturated carbocycles. The molecule has 0 spiro atoms. The minimum atomic E-state index is 0.0288. The Morgan fingerprint density at radius 3 is 2.95 bits per heavy atom. The van der Waals surface area contributed by atoms with Crippen LogP contribution in [0.2, 0.25) is 0 Å². The van der Waals surface area contributed by atoms with Crippen LogP contribution >= 0.6 is 11.8 Å². The molecule has 0 aliphatic rings. The number of rotatable bonds is 8. The number of aromatic amines is 1. The molecule has 0 unspecified atom stereocenters. The lowest BCUT2D eigenvalue weighted by molar-refractivity contribution is -0.115. The molecule has 1 amide bonds. The number of anilines is 2. The number of hydrogen-bond acceptors (Lipinski definition) is 5. The lowest BCUT2D eigenvalue weighted by atomic mass is 10.2. The van der Waals surface area contributed by atoms with Gasteiger partial charge in [0.25, 0.3) is 0 Å². The van der Waals surface area contributed by atoms with Crippen LogP contribution in [0, 0.1) is 0 Å². The molecule has 6 nitrogen and oxygen atoms in total. The van der Waals surface area contributed by atoms with Gasteiger partial charge in [0.2, 0.25) is 5.91 Å². The Bertz CT molecular complexity index is 587. The molecule has 2 rings (SSSR count). The number of H-pyrrole nitrogens is 1. The van der Waals surface area contributed by atoms with E-state index in [-0.39, 0.29) is 5.91 Å². The Morgan fingerprint density at radius 2 is 2.27 bits per heavy atom. The van der Waals surface area contributed by atoms with Crippen molar-refractivity contribution < 1.29 is 4.79 Å². The molecule has 2 N–H and O–H groups in total. The van der Waals surface area contributed by atoms with Gasteiger partial charge in [-0.1, -0.05) is 24.8 Å². The molecule has 0 bridgehead atoms. The number of carbonyl (C=O) groups is 1. The van der Waals surface area contributed by atoms with E-state index in [2.05, 4.69) is 38.4 Å². The zero-order valence-electron chi connectivity index (χ0n) is 12.9. The number of aromatic nitrogens is 3. The van der Waals surface area contributed by atoms with Gasteiger partial charge in [-0.2, -0.15) is 5.10 Å². The van der Waals surface area contributed by atoms with E-state index in [1.807, 2.05) is 25.1 Å². The van der Waals surface area contributed by atoms with Crippen molar-refractivity contribution in [3.05, 3.63) is 30.6 Å². The molecule has 1 aromatic carbocycles. The van der Waals surface area contributed by atoms with Crippen molar-refractivity contribution in [1.82, 2.24) is 15.2 Å². The van der Waals surface area contributed by atoms with Crippen LogP contribution in [0.1, 0.15) is 20.3 Å². The molecule has 0 aliphatic heterocycles. The maximum atomic E-state index is 11.5. The molecule has 22 heavy (non-hydrogen) atoms. The molecule has 0 aliphatic carbocycles. The first-order chi connectivity index (χ1) is 10.7. The summed E-state index contributed by atoms with van der Waals surface area (Å²) in [5.41, 5.74) is 1.94. The van der Waals surface area contributed by atoms with Crippen LogP contribution in [0.15, 0.2) is 35.7 Å². The van der Waals surface area contributed by atoms with Crippen LogP contribution in [0.25, 0.3) is 0 Å². The van der Waals surface area contributed by atoms with E-state index in [0.717, 1.165) is 35.4 Å². The van der Waals surface area contributed by atoms with E-state index < -0.39 is 0 Å². The summed E-state index contributed by atoms with van der Waals surface area (Å²) in [7, 11) is 0. The van der Waals surface area contributed by atoms with Gasteiger partial charge < -0.3 is 10.2 Å². The normalized spacial score (nSPS) is 10.5. The second-order valence-corrected chi connectivity index (χ2v) is 5.75. The molecule has 0 saturated heterocycles. The monoisotopic (exact) mass is 319 g/mol. The van der Waals surface area contributed by atoms with Crippen molar-refractivity contribution in [3.8, 4) is 0 Å². The van der Waals surface area contributed by atoms with Crippen molar-refractivity contribution in [2.24, 2.45) is 0 Å². The third-order valence-corrected chi connectivity index (χ3v) is 4.05. The molecule has 118 valence electrons. The van der Waals surface area contributed by atoms with Crippen molar-refractivity contribution in [2.45, 2.75) is 25.4 Å². The van der Waals surface area contributed by atoms with Gasteiger partial charge in [-0.15, -0.1) is 0 Å². The number of nitrogens with one attached hydrogen (secondary N) is 2. The summed E-state index contributed by atoms with van der Waals surface area (Å²) in [5.74, 6) is 0.940. The van der Waals surface area contributed by atoms with Gasteiger partial charge in [-0.3, -0.25) is 9.89 Å². The molecule has 0 atom stereocenters. The van der Waals surface area contributed by atoms with Gasteiger partial charge in [-0.05, 0) is 25.1 Å². The third kappa shape index (κ3) is 4.77. The van der Waals surface area contributed by atoms with Gasteiger partial charge in [0.05, 0.1) is 0 Å². The highest BCUT2D eigenvalue weighted by Crippen LogP contribution is 2.21. The van der Waals surface area contributed by atoms with Crippen LogP contribution in [0.4, 0.5) is 11.4 Å². The molecule has 7 heteroatoms. The number of thioether (sulfide) groups is 1. The first-order valence-corrected chi connectivity index (χ1v) is 8.34. The fraction of sp³-hybridized carbons (Fsp3) is 0.400. The Balaban J connectivity index is 1.94. The van der Waals surface area contributed by atoms with E-state index in [1.54, 1.807) is 11.8 Å². The molecule has 0 radical (unpaired) electrons. The van der Waals surface area contributed by atoms with Crippen molar-refractivity contribution in [3.63, 3.8) is 0 Å². The average Bonchev–Trinajstić information content (AvgIpc) is 3.05. The SMILES string of the molecule is CCC(=O)Nc1cccc(N(CC)CCSc2ncn[nH]2)c1. The molecular weight excluding hydrogens is 298 g/mol. The number of amides is 1. The Morgan fingerprint density at radius 1 is 1.41 bits per heavy atom. The lowest BCUT2D eigenvalue weighted by Crippen LogP contribution is -2.25. The summed E-state index contributed by atoms with van der Waals surface area (Å²) >= 11 is 1.64. The number of benzene rings is 1. The van der Waals surface area contributed by atoms with Crippen molar-refractivity contribution >= 4 is 29.0 Å². The highest BCUT2D eigenvalue weighted by Gasteiger charge is 2.07. The molecule has 1 aromatic heterocycles. The minimum Gasteiger partial charge on any atom is -0.371 e. The zero-order chi connectivity index (χ0) is 15.8. The number of hydrogen-bond donors (Lipinski definition) is 2. The fourth-order valence-electron chi connectivity index (χ4n) is 2.02. The standard InChI is InChI=1S/C15H21N5OS/c1-3-14(21)18-12-6-5-7-13(10-12)20(4-2)8-9-22-15-16-11-17-19-15/h5-7,10-11H,3-4,8-9H2,1-2H3,(H,18,21)(H,16,17,19). The first kappa shape index (κ1) is 16.4. The summed E-state index contributed by atoms with van der Waals surface area (Å²) in [6.07, 6.45) is 2.00. The third-order valence-electron chi connectivity index (χ3n) is 3.19. The Hall–Kier alpha value is -2.02. The summed E-state index contributed by atoms with van der Waals surface area (Å²) in [6, 6.07) is 7.95. The first-order valence-electron chi connectivity index (χ1n) is 7.36. The van der Waals surface area contributed by atoms with Crippen LogP contribution < -0.4 is 10.2 Å². The fourth-order valence-corrected chi connectivity index (χ4v) is 2.76. The van der Waals surface area contributed by atoms with Gasteiger partial charge in [0, 0.05) is 36.6 Å². The maximum absolute atomic E-state index is 11.5. The van der Waals surface area contributed by atoms with E-state index in [0.29, 0.717) is 6.42 Å². The van der Waals surface area contributed by atoms with Crippen molar-refractivity contribution in [2.75, 3.05) is 29.1 Å². The van der Waals surface area contributed by atoms with Crippen LogP contribution in [0.5, 0.6) is 0 Å². The van der Waals surface area contributed by atoms with Crippen LogP contribution in [0.3, 0.4) is 0 Å². The summed E-state index contributed by atoms with van der Waals surface area (Å²) in [6.45, 7) is 5.77. The van der Waals surface area contributed by atoms with Crippen LogP contribution in [-0.2, 0) is 4.79 Å². The summed E-state index contributed by atoms with van der Waals surface area (Å²) in [4.78, 5) is 17.9. The van der Waals surface area contributed by atoms with Gasteiger partial charge in [-0.25, -0.2) is 4.98 Å². The maximum Gasteiger partial charge on any atom is 0.224 e. The highest BCUT2D eigenvalue weighted by atomic mass is 32.2. The highest BCUT2D eigenvalue weighted by molar-refractivity contribution is 7.99. The van der Waals surface area contributed by atoms with E-state index in [1.165, 1.54) is 6.33 Å². The predicted octanol–water partition coefficient (Wildman–Crippen LogP) is 2.77. The van der Waals surface area contributed by atoms with Gasteiger partial charge >= 0.3 is 0 Å². The second kappa shape index (κ2) is 8.43. The minimum absolute atomic E-state index is 0.0288. The average molecular weight is 319 g/mol. The Labute approximate surface area is 134 Å². The van der Waals surface area contributed by atoms with E-state index >= 15 is 0 Å². The van der Waals surface area contributed by atoms with Crippen molar-refractivity contribution in [1.29, 1.82) is 0 Å². The molecular formula is C15H21N5OS. The predicted molar refractivity (Wildman–Crippen MR) is 90.4 cm³/mol. The number of nitrogens with zero attached hydrogens (tertiary/aromatic N) is 3. The second-order valence-electron chi connectivity index (χ2n) is 4.67. The number of carbonyl (C=O) groups excluding carboxylic acids is 1. The largest absolute Gasteiger partial charge is 0.371 e. The van der Waals surface area contributed by atoms with Crippen LogP contribution in [-0.4, -0.2) is 39.9 Å². The zero-order valence-corrected chi connectivity index (χ0v) is 13.7. The molecule has 1 heterocycles. The summed E-state index contributed by atoms with van der Waals surface area (Å²) in [5, 5.41) is 10.4. The van der Waals surface area contributed by atoms with E-state index in [4.69, 9.17) is 0 Å². The molecule has 0 fully saturated rings. The Kier molecular flexibility index (Phi) is 6.27. The lowest BCUT2D eigenvalue weighted by Gasteiger charge is -2.23. The molecule has 2 aromatic rings. The quantitative estimate of drug-likeness (QED) is 0.732. The van der Waals surface area contributed by atoms with E-state index in [9.17, 15) is 4.79 Å². The smallest absolute Gasteiger partial charge is 0.224 e. The van der Waals surface area contributed by atoms with Gasteiger partial charge in [0.15, 0.2) is 5.16 Å².